The van der Waals surface area contributed by atoms with E-state index >= 15 is 0 Å². The van der Waals surface area contributed by atoms with Crippen molar-refractivity contribution in [3.05, 3.63) is 0 Å². The molecule has 0 spiro atoms. The Balaban J connectivity index is 5.75. The molecule has 0 aliphatic carbocycles. The van der Waals surface area contributed by atoms with Crippen molar-refractivity contribution in [3.8, 4) is 0 Å². The molecule has 150 valence electrons. The molecule has 0 unspecified atom stereocenters. The number of hydrogen-bond acceptors (Lipinski definition) is 7. The van der Waals surface area contributed by atoms with Crippen molar-refractivity contribution in [1.29, 1.82) is 0 Å². The predicted octanol–water partition coefficient (Wildman–Crippen LogP) is 2.74. The zero-order chi connectivity index (χ0) is 19.7. The van der Waals surface area contributed by atoms with Gasteiger partial charge in [0, 0.05) is 21.3 Å². The maximum absolute atomic E-state index is 6.46. The molecule has 0 bridgehead atoms. The first-order valence-corrected chi connectivity index (χ1v) is 15.3. The first kappa shape index (κ1) is 24.7. The molecule has 0 N–H and O–H groups in total. The van der Waals surface area contributed by atoms with E-state index in [0.29, 0.717) is 6.61 Å². The summed E-state index contributed by atoms with van der Waals surface area (Å²) in [5.41, 5.74) is 0. The van der Waals surface area contributed by atoms with Crippen LogP contribution < -0.4 is 0 Å². The molecule has 0 amide bonds. The first-order chi connectivity index (χ1) is 11.5. The van der Waals surface area contributed by atoms with Gasteiger partial charge in [0.1, 0.15) is 25.4 Å². The Kier molecular flexibility index (Phi) is 11.3. The van der Waals surface area contributed by atoms with Crippen LogP contribution in [-0.2, 0) is 27.9 Å². The summed E-state index contributed by atoms with van der Waals surface area (Å²) in [6.45, 7) is 13.2. The van der Waals surface area contributed by atoms with Gasteiger partial charge < -0.3 is 27.9 Å². The fourth-order valence-electron chi connectivity index (χ4n) is 2.43. The van der Waals surface area contributed by atoms with E-state index in [4.69, 9.17) is 27.9 Å². The number of ether oxygens (including phenoxy) is 3. The molecule has 0 aromatic rings. The lowest BCUT2D eigenvalue weighted by Gasteiger charge is -2.40. The molecular weight excluding hydrogens is 358 g/mol. The van der Waals surface area contributed by atoms with E-state index in [1.54, 1.807) is 27.5 Å². The van der Waals surface area contributed by atoms with Crippen LogP contribution >= 0.6 is 0 Å². The van der Waals surface area contributed by atoms with Crippen LogP contribution in [0.25, 0.3) is 0 Å². The number of rotatable bonds is 13. The van der Waals surface area contributed by atoms with Gasteiger partial charge in [-0.3, -0.25) is 0 Å². The van der Waals surface area contributed by atoms with Gasteiger partial charge in [0.05, 0.1) is 18.9 Å². The average molecular weight is 396 g/mol. The SMILES string of the molecule is COC[C@@H](O[Si](C)(C)C)[C@@H](O[Si](C)(C)C)[C@H](OC)[C@H](/C=N/OC)OC. The van der Waals surface area contributed by atoms with Crippen LogP contribution in [0.2, 0.25) is 39.3 Å². The Hall–Kier alpha value is -0.296. The third kappa shape index (κ3) is 10.4. The Morgan fingerprint density at radius 3 is 1.72 bits per heavy atom. The van der Waals surface area contributed by atoms with Gasteiger partial charge in [-0.25, -0.2) is 0 Å². The highest BCUT2D eigenvalue weighted by Gasteiger charge is 2.40. The molecule has 25 heavy (non-hydrogen) atoms. The Morgan fingerprint density at radius 1 is 0.800 bits per heavy atom. The topological polar surface area (TPSA) is 67.7 Å². The van der Waals surface area contributed by atoms with Crippen molar-refractivity contribution < 1.29 is 27.9 Å². The van der Waals surface area contributed by atoms with Gasteiger partial charge in [0.15, 0.2) is 16.6 Å². The molecule has 0 fully saturated rings. The normalized spacial score (nSPS) is 18.2. The maximum atomic E-state index is 6.46. The predicted molar refractivity (Wildman–Crippen MR) is 105 cm³/mol. The highest BCUT2D eigenvalue weighted by atomic mass is 28.4. The van der Waals surface area contributed by atoms with Crippen LogP contribution in [0, 0.1) is 0 Å². The van der Waals surface area contributed by atoms with Crippen LogP contribution in [0.5, 0.6) is 0 Å². The lowest BCUT2D eigenvalue weighted by atomic mass is 10.0. The lowest BCUT2D eigenvalue weighted by Crippen LogP contribution is -2.56. The van der Waals surface area contributed by atoms with Crippen molar-refractivity contribution in [2.45, 2.75) is 63.7 Å². The van der Waals surface area contributed by atoms with Gasteiger partial charge in [-0.1, -0.05) is 5.16 Å². The number of oxime groups is 1. The molecule has 0 aromatic carbocycles. The first-order valence-electron chi connectivity index (χ1n) is 8.46. The summed E-state index contributed by atoms with van der Waals surface area (Å²) in [5, 5.41) is 3.83. The fourth-order valence-corrected chi connectivity index (χ4v) is 4.65. The molecule has 0 saturated carbocycles. The van der Waals surface area contributed by atoms with Gasteiger partial charge in [-0.2, -0.15) is 0 Å². The molecular formula is C16H37NO6Si2. The number of hydrogen-bond donors (Lipinski definition) is 0. The van der Waals surface area contributed by atoms with Crippen LogP contribution in [0.1, 0.15) is 0 Å². The largest absolute Gasteiger partial charge is 0.410 e. The fraction of sp³-hybridized carbons (Fsp3) is 0.938. The quantitative estimate of drug-likeness (QED) is 0.271. The van der Waals surface area contributed by atoms with Crippen LogP contribution in [0.15, 0.2) is 5.16 Å². The Bertz CT molecular complexity index is 384. The minimum atomic E-state index is -1.89. The minimum Gasteiger partial charge on any atom is -0.410 e. The van der Waals surface area contributed by atoms with Crippen molar-refractivity contribution >= 4 is 22.8 Å². The second-order valence-electron chi connectivity index (χ2n) is 7.76. The molecule has 0 heterocycles. The standard InChI is InChI=1S/C16H37NO6Si2/c1-18-12-14(22-24(5,6)7)16(23-25(8,9)10)15(20-3)13(19-2)11-17-21-4/h11,13-16H,12H2,1-10H3/b17-11+/t13-,14+,15+,16+/m0/s1. The lowest BCUT2D eigenvalue weighted by molar-refractivity contribution is -0.111. The van der Waals surface area contributed by atoms with Crippen molar-refractivity contribution in [2.24, 2.45) is 5.16 Å². The smallest absolute Gasteiger partial charge is 0.184 e. The van der Waals surface area contributed by atoms with Gasteiger partial charge in [0.2, 0.25) is 0 Å². The molecule has 0 aliphatic heterocycles. The molecule has 4 atom stereocenters. The Morgan fingerprint density at radius 2 is 1.36 bits per heavy atom. The second-order valence-corrected chi connectivity index (χ2v) is 16.7. The van der Waals surface area contributed by atoms with Crippen LogP contribution in [-0.4, -0.2) is 82.3 Å². The van der Waals surface area contributed by atoms with Gasteiger partial charge >= 0.3 is 0 Å². The van der Waals surface area contributed by atoms with Crippen LogP contribution in [0.3, 0.4) is 0 Å². The van der Waals surface area contributed by atoms with Crippen LogP contribution in [0.4, 0.5) is 0 Å². The molecule has 0 radical (unpaired) electrons. The summed E-state index contributed by atoms with van der Waals surface area (Å²) in [4.78, 5) is 4.79. The number of methoxy groups -OCH3 is 3. The molecule has 0 rings (SSSR count). The zero-order valence-electron chi connectivity index (χ0n) is 17.5. The van der Waals surface area contributed by atoms with E-state index in [2.05, 4.69) is 44.4 Å². The summed E-state index contributed by atoms with van der Waals surface area (Å²) < 4.78 is 29.6. The van der Waals surface area contributed by atoms with Gasteiger partial charge in [0.25, 0.3) is 0 Å². The second kappa shape index (κ2) is 11.4. The molecule has 0 saturated heterocycles. The van der Waals surface area contributed by atoms with E-state index in [1.807, 2.05) is 0 Å². The van der Waals surface area contributed by atoms with Crippen molar-refractivity contribution in [3.63, 3.8) is 0 Å². The van der Waals surface area contributed by atoms with E-state index in [0.717, 1.165) is 0 Å². The summed E-state index contributed by atoms with van der Waals surface area (Å²) in [5.74, 6) is 0. The highest BCUT2D eigenvalue weighted by molar-refractivity contribution is 6.70. The third-order valence-electron chi connectivity index (χ3n) is 3.20. The average Bonchev–Trinajstić information content (AvgIpc) is 2.47. The third-order valence-corrected chi connectivity index (χ3v) is 5.19. The maximum Gasteiger partial charge on any atom is 0.184 e. The van der Waals surface area contributed by atoms with Gasteiger partial charge in [-0.05, 0) is 39.3 Å². The van der Waals surface area contributed by atoms with E-state index < -0.39 is 28.8 Å². The molecule has 0 aromatic heterocycles. The number of nitrogens with zero attached hydrogens (tertiary/aromatic N) is 1. The monoisotopic (exact) mass is 395 g/mol. The summed E-state index contributed by atoms with van der Waals surface area (Å²) >= 11 is 0. The summed E-state index contributed by atoms with van der Waals surface area (Å²) in [6, 6.07) is 0. The Labute approximate surface area is 155 Å². The molecule has 0 aliphatic rings. The zero-order valence-corrected chi connectivity index (χ0v) is 19.5. The van der Waals surface area contributed by atoms with Gasteiger partial charge in [-0.15, -0.1) is 0 Å². The summed E-state index contributed by atoms with van der Waals surface area (Å²) in [7, 11) is 2.68. The van der Waals surface area contributed by atoms with E-state index in [9.17, 15) is 0 Å². The minimum absolute atomic E-state index is 0.262. The summed E-state index contributed by atoms with van der Waals surface area (Å²) in [6.07, 6.45) is 0.120. The highest BCUT2D eigenvalue weighted by Crippen LogP contribution is 2.23. The van der Waals surface area contributed by atoms with Crippen molar-refractivity contribution in [1.82, 2.24) is 0 Å². The molecule has 7 nitrogen and oxygen atoms in total. The van der Waals surface area contributed by atoms with E-state index in [-0.39, 0.29) is 12.2 Å². The molecule has 9 heteroatoms. The van der Waals surface area contributed by atoms with Crippen molar-refractivity contribution in [2.75, 3.05) is 35.0 Å². The van der Waals surface area contributed by atoms with E-state index in [1.165, 1.54) is 7.11 Å².